The number of benzene rings is 2. The lowest BCUT2D eigenvalue weighted by molar-refractivity contribution is 0.0920. The average Bonchev–Trinajstić information content (AvgIpc) is 2.64. The third kappa shape index (κ3) is 6.39. The van der Waals surface area contributed by atoms with E-state index in [0.29, 0.717) is 42.4 Å². The molecule has 0 saturated carbocycles. The normalized spacial score (nSPS) is 11.0. The quantitative estimate of drug-likeness (QED) is 0.677. The maximum Gasteiger partial charge on any atom is 0.259 e. The molecule has 0 aliphatic carbocycles. The highest BCUT2D eigenvalue weighted by molar-refractivity contribution is 6.10. The number of nitrogens with one attached hydrogen (secondary N) is 2. The second-order valence-corrected chi connectivity index (χ2v) is 7.25. The second kappa shape index (κ2) is 9.90. The minimum absolute atomic E-state index is 0.246. The van der Waals surface area contributed by atoms with Crippen molar-refractivity contribution in [3.8, 4) is 5.75 Å². The molecule has 0 heterocycles. The van der Waals surface area contributed by atoms with E-state index in [1.54, 1.807) is 48.5 Å². The number of ether oxygens (including phenoxy) is 2. The first-order chi connectivity index (χ1) is 13.3. The van der Waals surface area contributed by atoms with E-state index in [1.165, 1.54) is 0 Å². The van der Waals surface area contributed by atoms with E-state index in [0.717, 1.165) is 0 Å². The molecule has 150 valence electrons. The van der Waals surface area contributed by atoms with Gasteiger partial charge in [0, 0.05) is 12.1 Å². The Morgan fingerprint density at radius 2 is 1.54 bits per heavy atom. The fraction of sp³-hybridized carbons (Fsp3) is 0.364. The van der Waals surface area contributed by atoms with E-state index < -0.39 is 0 Å². The van der Waals surface area contributed by atoms with Crippen molar-refractivity contribution < 1.29 is 19.1 Å². The zero-order valence-corrected chi connectivity index (χ0v) is 16.9. The fourth-order valence-corrected chi connectivity index (χ4v) is 2.52. The molecule has 0 aromatic heterocycles. The topological polar surface area (TPSA) is 76.7 Å². The molecule has 2 rings (SSSR count). The first kappa shape index (κ1) is 21.4. The molecule has 0 spiro atoms. The van der Waals surface area contributed by atoms with Crippen molar-refractivity contribution in [2.75, 3.05) is 25.1 Å². The van der Waals surface area contributed by atoms with Crippen LogP contribution in [0, 0.1) is 0 Å². The summed E-state index contributed by atoms with van der Waals surface area (Å²) in [6.07, 6.45) is 0. The van der Waals surface area contributed by atoms with Crippen molar-refractivity contribution >= 4 is 17.5 Å². The van der Waals surface area contributed by atoms with Crippen molar-refractivity contribution in [1.82, 2.24) is 5.32 Å². The lowest BCUT2D eigenvalue weighted by Gasteiger charge is -2.21. The van der Waals surface area contributed by atoms with Gasteiger partial charge in [0.15, 0.2) is 0 Å². The number of hydrogen-bond acceptors (Lipinski definition) is 4. The summed E-state index contributed by atoms with van der Waals surface area (Å²) in [6.45, 7) is 9.03. The zero-order valence-electron chi connectivity index (χ0n) is 16.9. The molecule has 28 heavy (non-hydrogen) atoms. The third-order valence-corrected chi connectivity index (χ3v) is 3.73. The number of hydrogen-bond donors (Lipinski definition) is 2. The molecule has 0 aliphatic rings. The number of anilines is 1. The molecule has 0 unspecified atom stereocenters. The Hall–Kier alpha value is -2.86. The molecule has 0 atom stereocenters. The SMILES string of the molecule is CCOCCOc1ccccc1C(=O)Nc1ccccc1C(=O)NC(C)(C)C. The van der Waals surface area contributed by atoms with Gasteiger partial charge in [0.05, 0.1) is 23.4 Å². The van der Waals surface area contributed by atoms with Gasteiger partial charge in [-0.05, 0) is 52.0 Å². The fourth-order valence-electron chi connectivity index (χ4n) is 2.52. The molecule has 0 fully saturated rings. The standard InChI is InChI=1S/C22H28N2O4/c1-5-27-14-15-28-19-13-9-7-11-17(19)20(25)23-18-12-8-6-10-16(18)21(26)24-22(2,3)4/h6-13H,5,14-15H2,1-4H3,(H,23,25)(H,24,26). The van der Waals surface area contributed by atoms with Gasteiger partial charge in [-0.25, -0.2) is 0 Å². The summed E-state index contributed by atoms with van der Waals surface area (Å²) in [5.74, 6) is -0.121. The summed E-state index contributed by atoms with van der Waals surface area (Å²) >= 11 is 0. The molecular formula is C22H28N2O4. The summed E-state index contributed by atoms with van der Waals surface area (Å²) in [5, 5.41) is 5.74. The molecule has 0 radical (unpaired) electrons. The first-order valence-corrected chi connectivity index (χ1v) is 9.34. The summed E-state index contributed by atoms with van der Waals surface area (Å²) in [6, 6.07) is 13.9. The predicted molar refractivity (Wildman–Crippen MR) is 110 cm³/mol. The monoisotopic (exact) mass is 384 g/mol. The Morgan fingerprint density at radius 1 is 0.893 bits per heavy atom. The van der Waals surface area contributed by atoms with Crippen LogP contribution in [0.3, 0.4) is 0 Å². The van der Waals surface area contributed by atoms with Crippen LogP contribution in [0.5, 0.6) is 5.75 Å². The Kier molecular flexibility index (Phi) is 7.58. The summed E-state index contributed by atoms with van der Waals surface area (Å²) in [7, 11) is 0. The van der Waals surface area contributed by atoms with Crippen LogP contribution >= 0.6 is 0 Å². The minimum Gasteiger partial charge on any atom is -0.490 e. The third-order valence-electron chi connectivity index (χ3n) is 3.73. The first-order valence-electron chi connectivity index (χ1n) is 9.34. The molecule has 0 bridgehead atoms. The number of rotatable bonds is 8. The predicted octanol–water partition coefficient (Wildman–Crippen LogP) is 3.88. The molecule has 6 nitrogen and oxygen atoms in total. The Bertz CT molecular complexity index is 812. The van der Waals surface area contributed by atoms with Crippen molar-refractivity contribution in [2.45, 2.75) is 33.2 Å². The van der Waals surface area contributed by atoms with Gasteiger partial charge in [-0.1, -0.05) is 24.3 Å². The van der Waals surface area contributed by atoms with Gasteiger partial charge in [0.1, 0.15) is 12.4 Å². The number of amides is 2. The average molecular weight is 384 g/mol. The molecule has 0 aliphatic heterocycles. The molecule has 2 aromatic rings. The highest BCUT2D eigenvalue weighted by Crippen LogP contribution is 2.22. The lowest BCUT2D eigenvalue weighted by atomic mass is 10.1. The van der Waals surface area contributed by atoms with Crippen LogP contribution in [0.2, 0.25) is 0 Å². The lowest BCUT2D eigenvalue weighted by Crippen LogP contribution is -2.40. The van der Waals surface area contributed by atoms with E-state index in [9.17, 15) is 9.59 Å². The van der Waals surface area contributed by atoms with Crippen LogP contribution in [0.15, 0.2) is 48.5 Å². The highest BCUT2D eigenvalue weighted by atomic mass is 16.5. The van der Waals surface area contributed by atoms with Gasteiger partial charge in [-0.2, -0.15) is 0 Å². The molecule has 6 heteroatoms. The summed E-state index contributed by atoms with van der Waals surface area (Å²) in [5.41, 5.74) is 0.860. The van der Waals surface area contributed by atoms with Gasteiger partial charge >= 0.3 is 0 Å². The van der Waals surface area contributed by atoms with Gasteiger partial charge in [0.2, 0.25) is 0 Å². The van der Waals surface area contributed by atoms with Crippen molar-refractivity contribution in [3.05, 3.63) is 59.7 Å². The number of para-hydroxylation sites is 2. The van der Waals surface area contributed by atoms with Gasteiger partial charge < -0.3 is 20.1 Å². The second-order valence-electron chi connectivity index (χ2n) is 7.25. The highest BCUT2D eigenvalue weighted by Gasteiger charge is 2.20. The van der Waals surface area contributed by atoms with Crippen LogP contribution < -0.4 is 15.4 Å². The van der Waals surface area contributed by atoms with Crippen LogP contribution in [0.1, 0.15) is 48.4 Å². The van der Waals surface area contributed by atoms with Gasteiger partial charge in [-0.15, -0.1) is 0 Å². The van der Waals surface area contributed by atoms with Crippen molar-refractivity contribution in [2.24, 2.45) is 0 Å². The van der Waals surface area contributed by atoms with Crippen LogP contribution in [-0.2, 0) is 4.74 Å². The summed E-state index contributed by atoms with van der Waals surface area (Å²) in [4.78, 5) is 25.4. The van der Waals surface area contributed by atoms with Gasteiger partial charge in [0.25, 0.3) is 11.8 Å². The van der Waals surface area contributed by atoms with E-state index in [2.05, 4.69) is 10.6 Å². The number of carbonyl (C=O) groups excluding carboxylic acids is 2. The van der Waals surface area contributed by atoms with E-state index in [-0.39, 0.29) is 17.4 Å². The van der Waals surface area contributed by atoms with E-state index in [1.807, 2.05) is 27.7 Å². The smallest absolute Gasteiger partial charge is 0.259 e. The van der Waals surface area contributed by atoms with Crippen LogP contribution in [0.25, 0.3) is 0 Å². The van der Waals surface area contributed by atoms with E-state index in [4.69, 9.17) is 9.47 Å². The maximum atomic E-state index is 12.8. The Morgan fingerprint density at radius 3 is 2.21 bits per heavy atom. The Balaban J connectivity index is 2.17. The number of carbonyl (C=O) groups is 2. The molecular weight excluding hydrogens is 356 g/mol. The van der Waals surface area contributed by atoms with Crippen LogP contribution in [-0.4, -0.2) is 37.2 Å². The largest absolute Gasteiger partial charge is 0.490 e. The molecule has 2 amide bonds. The van der Waals surface area contributed by atoms with Crippen LogP contribution in [0.4, 0.5) is 5.69 Å². The minimum atomic E-state index is -0.380. The maximum absolute atomic E-state index is 12.8. The zero-order chi connectivity index (χ0) is 20.6. The van der Waals surface area contributed by atoms with Crippen molar-refractivity contribution in [3.63, 3.8) is 0 Å². The summed E-state index contributed by atoms with van der Waals surface area (Å²) < 4.78 is 10.9. The van der Waals surface area contributed by atoms with Gasteiger partial charge in [-0.3, -0.25) is 9.59 Å². The molecule has 2 aromatic carbocycles. The van der Waals surface area contributed by atoms with E-state index >= 15 is 0 Å². The Labute approximate surface area is 166 Å². The molecule has 0 saturated heterocycles. The van der Waals surface area contributed by atoms with Crippen molar-refractivity contribution in [1.29, 1.82) is 0 Å². The molecule has 2 N–H and O–H groups in total.